The molecule has 2 nitrogen and oxygen atoms in total. The third-order valence-electron chi connectivity index (χ3n) is 3.25. The van der Waals surface area contributed by atoms with Crippen molar-refractivity contribution in [2.75, 3.05) is 0 Å². The molecule has 90 valence electrons. The molecule has 0 aromatic heterocycles. The molecule has 0 radical (unpaired) electrons. The Morgan fingerprint density at radius 1 is 1.33 bits per heavy atom. The Bertz CT molecular complexity index is 227. The van der Waals surface area contributed by atoms with Crippen molar-refractivity contribution in [2.24, 2.45) is 5.92 Å². The first-order valence-corrected chi connectivity index (χ1v) is 9.35. The minimum Gasteiger partial charge on any atom is -0.412 e. The van der Waals surface area contributed by atoms with E-state index in [1.165, 1.54) is 0 Å². The summed E-state index contributed by atoms with van der Waals surface area (Å²) in [6, 6.07) is 0. The van der Waals surface area contributed by atoms with Crippen molar-refractivity contribution in [3.63, 3.8) is 0 Å². The minimum absolute atomic E-state index is 0.00907. The lowest BCUT2D eigenvalue weighted by Gasteiger charge is -2.34. The van der Waals surface area contributed by atoms with E-state index in [2.05, 4.69) is 26.6 Å². The van der Waals surface area contributed by atoms with Crippen LogP contribution < -0.4 is 0 Å². The zero-order valence-electron chi connectivity index (χ0n) is 11.1. The molecule has 1 rings (SSSR count). The van der Waals surface area contributed by atoms with Crippen molar-refractivity contribution in [1.29, 1.82) is 0 Å². The largest absolute Gasteiger partial charge is 0.412 e. The number of aliphatic hydroxyl groups is 1. The van der Waals surface area contributed by atoms with E-state index < -0.39 is 13.9 Å². The molecule has 0 spiro atoms. The van der Waals surface area contributed by atoms with Crippen LogP contribution in [0.25, 0.3) is 0 Å². The van der Waals surface area contributed by atoms with Gasteiger partial charge in [0.2, 0.25) is 0 Å². The lowest BCUT2D eigenvalue weighted by molar-refractivity contribution is 0.00362. The Morgan fingerprint density at radius 3 is 2.20 bits per heavy atom. The van der Waals surface area contributed by atoms with Crippen LogP contribution in [0.2, 0.25) is 19.6 Å². The van der Waals surface area contributed by atoms with Crippen LogP contribution in [0.4, 0.5) is 0 Å². The van der Waals surface area contributed by atoms with Crippen molar-refractivity contribution >= 4 is 8.32 Å². The maximum atomic E-state index is 10.0. The molecule has 3 heteroatoms. The molecule has 0 amide bonds. The highest BCUT2D eigenvalue weighted by atomic mass is 28.4. The van der Waals surface area contributed by atoms with Gasteiger partial charge in [0, 0.05) is 0 Å². The molecule has 2 unspecified atom stereocenters. The summed E-state index contributed by atoms with van der Waals surface area (Å²) in [4.78, 5) is 0. The molecular formula is C12H26O2Si. The van der Waals surface area contributed by atoms with E-state index in [4.69, 9.17) is 4.43 Å². The first-order chi connectivity index (χ1) is 6.52. The highest BCUT2D eigenvalue weighted by Gasteiger charge is 2.43. The maximum Gasteiger partial charge on any atom is 0.184 e. The molecule has 0 bridgehead atoms. The van der Waals surface area contributed by atoms with Crippen LogP contribution >= 0.6 is 0 Å². The summed E-state index contributed by atoms with van der Waals surface area (Å²) in [7, 11) is -1.46. The van der Waals surface area contributed by atoms with Crippen LogP contribution in [0.3, 0.4) is 0 Å². The van der Waals surface area contributed by atoms with E-state index in [-0.39, 0.29) is 5.60 Å². The van der Waals surface area contributed by atoms with E-state index in [1.54, 1.807) is 0 Å². The highest BCUT2D eigenvalue weighted by molar-refractivity contribution is 6.69. The number of hydrogen-bond acceptors (Lipinski definition) is 2. The fourth-order valence-corrected chi connectivity index (χ4v) is 4.30. The molecule has 0 saturated heterocycles. The summed E-state index contributed by atoms with van der Waals surface area (Å²) in [6.45, 7) is 12.7. The van der Waals surface area contributed by atoms with Crippen LogP contribution in [-0.4, -0.2) is 24.6 Å². The molecule has 1 saturated carbocycles. The van der Waals surface area contributed by atoms with E-state index in [0.717, 1.165) is 19.3 Å². The van der Waals surface area contributed by atoms with Gasteiger partial charge in [0.05, 0.1) is 11.2 Å². The molecule has 15 heavy (non-hydrogen) atoms. The van der Waals surface area contributed by atoms with E-state index in [0.29, 0.717) is 5.92 Å². The average molecular weight is 230 g/mol. The molecule has 0 heterocycles. The van der Waals surface area contributed by atoms with E-state index >= 15 is 0 Å². The Hall–Kier alpha value is 0.137. The minimum atomic E-state index is -1.46. The SMILES string of the molecule is CC1(O[Si](C)(C)C)CCC(C(C)(C)O)C1. The number of hydrogen-bond donors (Lipinski definition) is 1. The Balaban J connectivity index is 2.62. The van der Waals surface area contributed by atoms with Gasteiger partial charge in [0.1, 0.15) is 0 Å². The van der Waals surface area contributed by atoms with Crippen molar-refractivity contribution in [3.05, 3.63) is 0 Å². The predicted octanol–water partition coefficient (Wildman–Crippen LogP) is 3.17. The van der Waals surface area contributed by atoms with Gasteiger partial charge in [-0.3, -0.25) is 0 Å². The molecule has 1 N–H and O–H groups in total. The third kappa shape index (κ3) is 3.89. The van der Waals surface area contributed by atoms with Crippen molar-refractivity contribution in [3.8, 4) is 0 Å². The summed E-state index contributed by atoms with van der Waals surface area (Å²) in [5, 5.41) is 10.0. The smallest absolute Gasteiger partial charge is 0.184 e. The Morgan fingerprint density at radius 2 is 1.87 bits per heavy atom. The van der Waals surface area contributed by atoms with Gasteiger partial charge < -0.3 is 9.53 Å². The summed E-state index contributed by atoms with van der Waals surface area (Å²) in [5.74, 6) is 0.388. The van der Waals surface area contributed by atoms with Crippen LogP contribution in [0.15, 0.2) is 0 Å². The van der Waals surface area contributed by atoms with Gasteiger partial charge in [-0.1, -0.05) is 0 Å². The fraction of sp³-hybridized carbons (Fsp3) is 1.00. The maximum absolute atomic E-state index is 10.0. The molecule has 2 atom stereocenters. The summed E-state index contributed by atoms with van der Waals surface area (Å²) < 4.78 is 6.24. The topological polar surface area (TPSA) is 29.5 Å². The van der Waals surface area contributed by atoms with E-state index in [9.17, 15) is 5.11 Å². The van der Waals surface area contributed by atoms with E-state index in [1.807, 2.05) is 13.8 Å². The van der Waals surface area contributed by atoms with Gasteiger partial charge in [0.25, 0.3) is 0 Å². The average Bonchev–Trinajstić information content (AvgIpc) is 2.25. The van der Waals surface area contributed by atoms with Gasteiger partial charge in [-0.05, 0) is 65.6 Å². The van der Waals surface area contributed by atoms with Gasteiger partial charge in [-0.25, -0.2) is 0 Å². The van der Waals surface area contributed by atoms with Gasteiger partial charge in [-0.2, -0.15) is 0 Å². The predicted molar refractivity (Wildman–Crippen MR) is 66.5 cm³/mol. The van der Waals surface area contributed by atoms with Crippen molar-refractivity contribution in [1.82, 2.24) is 0 Å². The van der Waals surface area contributed by atoms with Crippen LogP contribution in [-0.2, 0) is 4.43 Å². The second-order valence-corrected chi connectivity index (χ2v) is 11.2. The molecule has 1 aliphatic carbocycles. The Labute approximate surface area is 95.2 Å². The summed E-state index contributed by atoms with van der Waals surface area (Å²) in [5.41, 5.74) is -0.546. The van der Waals surface area contributed by atoms with Gasteiger partial charge >= 0.3 is 0 Å². The second kappa shape index (κ2) is 3.86. The highest BCUT2D eigenvalue weighted by Crippen LogP contribution is 2.43. The summed E-state index contributed by atoms with van der Waals surface area (Å²) >= 11 is 0. The molecule has 0 aromatic carbocycles. The zero-order valence-corrected chi connectivity index (χ0v) is 12.1. The standard InChI is InChI=1S/C12H26O2Si/c1-11(2,13)10-7-8-12(3,9-10)14-15(4,5)6/h10,13H,7-9H2,1-6H3. The molecule has 0 aliphatic heterocycles. The third-order valence-corrected chi connectivity index (χ3v) is 4.36. The fourth-order valence-electron chi connectivity index (χ4n) is 2.64. The first kappa shape index (κ1) is 13.2. The lowest BCUT2D eigenvalue weighted by atomic mass is 9.88. The van der Waals surface area contributed by atoms with Crippen LogP contribution in [0, 0.1) is 5.92 Å². The first-order valence-electron chi connectivity index (χ1n) is 5.94. The summed E-state index contributed by atoms with van der Waals surface area (Å²) in [6.07, 6.45) is 3.18. The molecule has 1 aliphatic rings. The van der Waals surface area contributed by atoms with Crippen molar-refractivity contribution < 1.29 is 9.53 Å². The second-order valence-electron chi connectivity index (χ2n) is 6.76. The van der Waals surface area contributed by atoms with Crippen LogP contribution in [0.5, 0.6) is 0 Å². The lowest BCUT2D eigenvalue weighted by Crippen LogP contribution is -2.40. The normalized spacial score (nSPS) is 33.4. The monoisotopic (exact) mass is 230 g/mol. The van der Waals surface area contributed by atoms with Gasteiger partial charge in [0.15, 0.2) is 8.32 Å². The molecule has 1 fully saturated rings. The van der Waals surface area contributed by atoms with Gasteiger partial charge in [-0.15, -0.1) is 0 Å². The van der Waals surface area contributed by atoms with Crippen LogP contribution in [0.1, 0.15) is 40.0 Å². The molecular weight excluding hydrogens is 204 g/mol. The van der Waals surface area contributed by atoms with Crippen molar-refractivity contribution in [2.45, 2.75) is 70.9 Å². The number of rotatable bonds is 3. The zero-order chi connectivity index (χ0) is 11.9. The quantitative estimate of drug-likeness (QED) is 0.755. The molecule has 0 aromatic rings. The Kier molecular flexibility index (Phi) is 3.40.